The maximum Gasteiger partial charge on any atom is 0.0234 e. The second kappa shape index (κ2) is 8.13. The molecule has 1 N–H and O–H groups in total. The smallest absolute Gasteiger partial charge is 0.0234 e. The van der Waals surface area contributed by atoms with Crippen molar-refractivity contribution in [1.82, 2.24) is 15.1 Å². The number of hydrogen-bond donors (Lipinski definition) is 1. The minimum Gasteiger partial charge on any atom is -0.314 e. The molecule has 2 aliphatic heterocycles. The molecule has 132 valence electrons. The first-order valence-electron chi connectivity index (χ1n) is 9.66. The van der Waals surface area contributed by atoms with Crippen molar-refractivity contribution in [3.05, 3.63) is 71.8 Å². The molecule has 0 radical (unpaired) electrons. The molecular weight excluding hydrogens is 306 g/mol. The van der Waals surface area contributed by atoms with E-state index < -0.39 is 0 Å². The Morgan fingerprint density at radius 2 is 1.52 bits per heavy atom. The second-order valence-electron chi connectivity index (χ2n) is 7.38. The van der Waals surface area contributed by atoms with Crippen LogP contribution in [0.1, 0.15) is 23.5 Å². The van der Waals surface area contributed by atoms with E-state index in [0.29, 0.717) is 12.0 Å². The van der Waals surface area contributed by atoms with E-state index in [4.69, 9.17) is 0 Å². The summed E-state index contributed by atoms with van der Waals surface area (Å²) in [6, 6.07) is 22.8. The molecule has 0 bridgehead atoms. The van der Waals surface area contributed by atoms with Crippen molar-refractivity contribution in [3.8, 4) is 0 Å². The standard InChI is InChI=1S/C22H29N3/c1-3-7-19(8-4-1)17-24-14-11-22(25-15-12-23-13-16-25)21(18-24)20-9-5-2-6-10-20/h1-10,21-23H,11-18H2. The number of nitrogens with zero attached hydrogens (tertiary/aromatic N) is 2. The van der Waals surface area contributed by atoms with Gasteiger partial charge in [-0.25, -0.2) is 0 Å². The van der Waals surface area contributed by atoms with Crippen LogP contribution in [0.4, 0.5) is 0 Å². The molecule has 2 saturated heterocycles. The molecule has 2 aromatic rings. The van der Waals surface area contributed by atoms with Gasteiger partial charge in [0, 0.05) is 57.8 Å². The Morgan fingerprint density at radius 3 is 2.24 bits per heavy atom. The SMILES string of the molecule is c1ccc(CN2CCC(N3CCNCC3)C(c3ccccc3)C2)cc1. The van der Waals surface area contributed by atoms with Crippen LogP contribution in [-0.4, -0.2) is 55.1 Å². The van der Waals surface area contributed by atoms with Crippen LogP contribution < -0.4 is 5.32 Å². The van der Waals surface area contributed by atoms with Gasteiger partial charge in [0.2, 0.25) is 0 Å². The lowest BCUT2D eigenvalue weighted by molar-refractivity contribution is 0.0752. The third-order valence-electron chi connectivity index (χ3n) is 5.76. The number of likely N-dealkylation sites (tertiary alicyclic amines) is 1. The summed E-state index contributed by atoms with van der Waals surface area (Å²) in [4.78, 5) is 5.37. The molecule has 2 atom stereocenters. The monoisotopic (exact) mass is 335 g/mol. The fourth-order valence-corrected chi connectivity index (χ4v) is 4.47. The third-order valence-corrected chi connectivity index (χ3v) is 5.76. The first-order chi connectivity index (χ1) is 12.4. The maximum atomic E-state index is 3.50. The van der Waals surface area contributed by atoms with Crippen LogP contribution in [0, 0.1) is 0 Å². The zero-order chi connectivity index (χ0) is 16.9. The fourth-order valence-electron chi connectivity index (χ4n) is 4.47. The number of hydrogen-bond acceptors (Lipinski definition) is 3. The van der Waals surface area contributed by atoms with Gasteiger partial charge in [0.25, 0.3) is 0 Å². The second-order valence-corrected chi connectivity index (χ2v) is 7.38. The molecule has 4 rings (SSSR count). The van der Waals surface area contributed by atoms with Crippen molar-refractivity contribution in [2.75, 3.05) is 39.3 Å². The lowest BCUT2D eigenvalue weighted by Crippen LogP contribution is -2.55. The lowest BCUT2D eigenvalue weighted by atomic mass is 9.84. The quantitative estimate of drug-likeness (QED) is 0.927. The molecule has 2 heterocycles. The summed E-state index contributed by atoms with van der Waals surface area (Å²) in [6.45, 7) is 8.07. The summed E-state index contributed by atoms with van der Waals surface area (Å²) >= 11 is 0. The molecule has 0 saturated carbocycles. The average Bonchev–Trinajstić information content (AvgIpc) is 2.70. The Hall–Kier alpha value is -1.68. The highest BCUT2D eigenvalue weighted by atomic mass is 15.2. The molecule has 0 aromatic heterocycles. The topological polar surface area (TPSA) is 18.5 Å². The van der Waals surface area contributed by atoms with Gasteiger partial charge in [-0.15, -0.1) is 0 Å². The van der Waals surface area contributed by atoms with Gasteiger partial charge in [0.15, 0.2) is 0 Å². The molecule has 2 fully saturated rings. The van der Waals surface area contributed by atoms with E-state index in [1.807, 2.05) is 0 Å². The minimum atomic E-state index is 0.608. The Labute approximate surface area is 151 Å². The average molecular weight is 335 g/mol. The van der Waals surface area contributed by atoms with Crippen molar-refractivity contribution >= 4 is 0 Å². The number of nitrogens with one attached hydrogen (secondary N) is 1. The number of rotatable bonds is 4. The van der Waals surface area contributed by atoms with Gasteiger partial charge in [-0.1, -0.05) is 60.7 Å². The number of benzene rings is 2. The van der Waals surface area contributed by atoms with Gasteiger partial charge < -0.3 is 5.32 Å². The highest BCUT2D eigenvalue weighted by Crippen LogP contribution is 2.32. The van der Waals surface area contributed by atoms with E-state index in [2.05, 4.69) is 75.8 Å². The van der Waals surface area contributed by atoms with Gasteiger partial charge in [-0.3, -0.25) is 9.80 Å². The summed E-state index contributed by atoms with van der Waals surface area (Å²) < 4.78 is 0. The summed E-state index contributed by atoms with van der Waals surface area (Å²) in [7, 11) is 0. The molecule has 2 aromatic carbocycles. The van der Waals surface area contributed by atoms with Crippen molar-refractivity contribution in [3.63, 3.8) is 0 Å². The first-order valence-corrected chi connectivity index (χ1v) is 9.66. The third kappa shape index (κ3) is 4.12. The van der Waals surface area contributed by atoms with Gasteiger partial charge in [-0.2, -0.15) is 0 Å². The predicted octanol–water partition coefficient (Wildman–Crippen LogP) is 2.95. The lowest BCUT2D eigenvalue weighted by Gasteiger charge is -2.45. The van der Waals surface area contributed by atoms with Gasteiger partial charge in [-0.05, 0) is 17.5 Å². The van der Waals surface area contributed by atoms with Gasteiger partial charge >= 0.3 is 0 Å². The van der Waals surface area contributed by atoms with Crippen LogP contribution in [0.3, 0.4) is 0 Å². The van der Waals surface area contributed by atoms with Crippen molar-refractivity contribution in [1.29, 1.82) is 0 Å². The summed E-state index contributed by atoms with van der Waals surface area (Å²) in [6.07, 6.45) is 1.27. The molecule has 3 nitrogen and oxygen atoms in total. The molecule has 25 heavy (non-hydrogen) atoms. The molecule has 2 unspecified atom stereocenters. The molecule has 3 heteroatoms. The maximum absolute atomic E-state index is 3.50. The normalized spacial score (nSPS) is 25.8. The Balaban J connectivity index is 1.51. The summed E-state index contributed by atoms with van der Waals surface area (Å²) in [5, 5.41) is 3.50. The van der Waals surface area contributed by atoms with Crippen LogP contribution in [-0.2, 0) is 6.54 Å². The molecule has 0 spiro atoms. The van der Waals surface area contributed by atoms with Crippen LogP contribution in [0.25, 0.3) is 0 Å². The van der Waals surface area contributed by atoms with Crippen LogP contribution in [0.15, 0.2) is 60.7 Å². The van der Waals surface area contributed by atoms with Crippen molar-refractivity contribution in [2.24, 2.45) is 0 Å². The predicted molar refractivity (Wildman–Crippen MR) is 104 cm³/mol. The van der Waals surface area contributed by atoms with Crippen LogP contribution >= 0.6 is 0 Å². The molecular formula is C22H29N3. The zero-order valence-corrected chi connectivity index (χ0v) is 15.0. The number of piperazine rings is 1. The highest BCUT2D eigenvalue weighted by molar-refractivity contribution is 5.23. The summed E-state index contributed by atoms with van der Waals surface area (Å²) in [5.74, 6) is 0.608. The fraction of sp³-hybridized carbons (Fsp3) is 0.455. The minimum absolute atomic E-state index is 0.608. The van der Waals surface area contributed by atoms with E-state index in [-0.39, 0.29) is 0 Å². The molecule has 2 aliphatic rings. The van der Waals surface area contributed by atoms with Crippen LogP contribution in [0.2, 0.25) is 0 Å². The summed E-state index contributed by atoms with van der Waals surface area (Å²) in [5.41, 5.74) is 2.93. The van der Waals surface area contributed by atoms with E-state index >= 15 is 0 Å². The first kappa shape index (κ1) is 16.8. The molecule has 0 aliphatic carbocycles. The van der Waals surface area contributed by atoms with E-state index in [0.717, 1.165) is 26.2 Å². The van der Waals surface area contributed by atoms with Crippen molar-refractivity contribution in [2.45, 2.75) is 24.9 Å². The van der Waals surface area contributed by atoms with E-state index in [1.165, 1.54) is 37.2 Å². The zero-order valence-electron chi connectivity index (χ0n) is 15.0. The van der Waals surface area contributed by atoms with Crippen molar-refractivity contribution < 1.29 is 0 Å². The number of piperidine rings is 1. The molecule has 0 amide bonds. The Morgan fingerprint density at radius 1 is 0.840 bits per heavy atom. The van der Waals surface area contributed by atoms with Gasteiger partial charge in [0.1, 0.15) is 0 Å². The van der Waals surface area contributed by atoms with E-state index in [1.54, 1.807) is 0 Å². The largest absolute Gasteiger partial charge is 0.314 e. The Kier molecular flexibility index (Phi) is 5.46. The Bertz CT molecular complexity index is 637. The van der Waals surface area contributed by atoms with E-state index in [9.17, 15) is 0 Å². The van der Waals surface area contributed by atoms with Gasteiger partial charge in [0.05, 0.1) is 0 Å². The highest BCUT2D eigenvalue weighted by Gasteiger charge is 2.34. The van der Waals surface area contributed by atoms with Crippen LogP contribution in [0.5, 0.6) is 0 Å².